The van der Waals surface area contributed by atoms with Gasteiger partial charge in [-0.2, -0.15) is 0 Å². The van der Waals surface area contributed by atoms with E-state index in [0.29, 0.717) is 12.2 Å². The summed E-state index contributed by atoms with van der Waals surface area (Å²) in [6.45, 7) is 2.41. The first-order valence-corrected chi connectivity index (χ1v) is 9.06. The van der Waals surface area contributed by atoms with Crippen molar-refractivity contribution in [3.05, 3.63) is 23.8 Å². The van der Waals surface area contributed by atoms with Crippen LogP contribution in [0.5, 0.6) is 0 Å². The minimum absolute atomic E-state index is 0.000163. The van der Waals surface area contributed by atoms with Gasteiger partial charge in [0.1, 0.15) is 4.90 Å². The molecule has 0 spiro atoms. The minimum atomic E-state index is -3.74. The number of nitrogens with one attached hydrogen (secondary N) is 2. The molecule has 1 fully saturated rings. The van der Waals surface area contributed by atoms with Crippen molar-refractivity contribution in [3.63, 3.8) is 0 Å². The largest absolute Gasteiger partial charge is 0.478 e. The summed E-state index contributed by atoms with van der Waals surface area (Å²) in [6.07, 6.45) is 4.82. The van der Waals surface area contributed by atoms with Crippen molar-refractivity contribution < 1.29 is 18.3 Å². The van der Waals surface area contributed by atoms with Gasteiger partial charge in [0.25, 0.3) is 0 Å². The zero-order chi connectivity index (χ0) is 16.2. The Labute approximate surface area is 131 Å². The average Bonchev–Trinajstić information content (AvgIpc) is 2.48. The van der Waals surface area contributed by atoms with E-state index in [1.165, 1.54) is 18.2 Å². The van der Waals surface area contributed by atoms with Gasteiger partial charge in [0, 0.05) is 12.6 Å². The van der Waals surface area contributed by atoms with Crippen LogP contribution in [0.2, 0.25) is 0 Å². The van der Waals surface area contributed by atoms with Crippen LogP contribution in [0.1, 0.15) is 49.4 Å². The number of carbonyl (C=O) groups is 1. The Morgan fingerprint density at radius 3 is 2.55 bits per heavy atom. The van der Waals surface area contributed by atoms with Gasteiger partial charge in [-0.25, -0.2) is 17.9 Å². The third kappa shape index (κ3) is 3.98. The lowest BCUT2D eigenvalue weighted by Crippen LogP contribution is -2.36. The lowest BCUT2D eigenvalue weighted by Gasteiger charge is -2.23. The van der Waals surface area contributed by atoms with Crippen molar-refractivity contribution in [1.29, 1.82) is 0 Å². The molecule has 122 valence electrons. The highest BCUT2D eigenvalue weighted by molar-refractivity contribution is 7.89. The van der Waals surface area contributed by atoms with Crippen LogP contribution in [-0.2, 0) is 10.0 Å². The zero-order valence-corrected chi connectivity index (χ0v) is 13.4. The zero-order valence-electron chi connectivity index (χ0n) is 12.6. The number of sulfonamides is 1. The van der Waals surface area contributed by atoms with Gasteiger partial charge in [0.2, 0.25) is 10.0 Å². The summed E-state index contributed by atoms with van der Waals surface area (Å²) in [7, 11) is -3.74. The van der Waals surface area contributed by atoms with Crippen LogP contribution in [-0.4, -0.2) is 32.1 Å². The standard InChI is InChI=1S/C15H22N2O4S/c1-2-16-13-9-8-11(15(18)19)10-14(13)22(20,21)17-12-6-4-3-5-7-12/h8-10,12,16-17H,2-7H2,1H3,(H,18,19). The summed E-state index contributed by atoms with van der Waals surface area (Å²) in [5.74, 6) is -1.14. The fourth-order valence-corrected chi connectivity index (χ4v) is 4.23. The number of carboxylic acids is 1. The van der Waals surface area contributed by atoms with E-state index in [4.69, 9.17) is 5.11 Å². The fraction of sp³-hybridized carbons (Fsp3) is 0.533. The van der Waals surface area contributed by atoms with Gasteiger partial charge < -0.3 is 10.4 Å². The normalized spacial score (nSPS) is 16.4. The maximum atomic E-state index is 12.6. The smallest absolute Gasteiger partial charge is 0.335 e. The Morgan fingerprint density at radius 2 is 1.95 bits per heavy atom. The summed E-state index contributed by atoms with van der Waals surface area (Å²) in [4.78, 5) is 11.1. The van der Waals surface area contributed by atoms with E-state index < -0.39 is 16.0 Å². The molecule has 1 aromatic rings. The van der Waals surface area contributed by atoms with Crippen LogP contribution in [0.3, 0.4) is 0 Å². The summed E-state index contributed by atoms with van der Waals surface area (Å²) in [5.41, 5.74) is 0.390. The van der Waals surface area contributed by atoms with Gasteiger partial charge in [-0.1, -0.05) is 19.3 Å². The Bertz CT molecular complexity index is 637. The molecule has 0 aromatic heterocycles. The summed E-state index contributed by atoms with van der Waals surface area (Å²) >= 11 is 0. The van der Waals surface area contributed by atoms with Crippen LogP contribution in [0.25, 0.3) is 0 Å². The van der Waals surface area contributed by atoms with Crippen molar-refractivity contribution in [2.75, 3.05) is 11.9 Å². The molecular weight excluding hydrogens is 304 g/mol. The van der Waals surface area contributed by atoms with E-state index >= 15 is 0 Å². The van der Waals surface area contributed by atoms with Gasteiger partial charge in [-0.15, -0.1) is 0 Å². The number of benzene rings is 1. The SMILES string of the molecule is CCNc1ccc(C(=O)O)cc1S(=O)(=O)NC1CCCCC1. The molecule has 1 aliphatic rings. The second-order valence-corrected chi connectivity index (χ2v) is 7.19. The second-order valence-electron chi connectivity index (χ2n) is 5.50. The second kappa shape index (κ2) is 7.11. The molecule has 3 N–H and O–H groups in total. The summed E-state index contributed by atoms with van der Waals surface area (Å²) < 4.78 is 28.0. The number of rotatable bonds is 6. The van der Waals surface area contributed by atoms with E-state index in [1.54, 1.807) is 0 Å². The molecule has 22 heavy (non-hydrogen) atoms. The van der Waals surface area contributed by atoms with Gasteiger partial charge in [-0.05, 0) is 38.0 Å². The first-order chi connectivity index (χ1) is 10.4. The molecule has 1 aliphatic carbocycles. The van der Waals surface area contributed by atoms with Crippen molar-refractivity contribution in [3.8, 4) is 0 Å². The highest BCUT2D eigenvalue weighted by Crippen LogP contribution is 2.25. The molecule has 0 saturated heterocycles. The lowest BCUT2D eigenvalue weighted by molar-refractivity contribution is 0.0696. The average molecular weight is 326 g/mol. The first kappa shape index (κ1) is 16.8. The number of carboxylic acid groups (broad SMARTS) is 1. The number of hydrogen-bond donors (Lipinski definition) is 3. The maximum absolute atomic E-state index is 12.6. The van der Waals surface area contributed by atoms with E-state index in [2.05, 4.69) is 10.0 Å². The van der Waals surface area contributed by atoms with E-state index in [-0.39, 0.29) is 16.5 Å². The van der Waals surface area contributed by atoms with Crippen molar-refractivity contribution in [2.24, 2.45) is 0 Å². The molecule has 7 heteroatoms. The molecule has 0 radical (unpaired) electrons. The van der Waals surface area contributed by atoms with Gasteiger partial charge in [-0.3, -0.25) is 0 Å². The molecule has 0 bridgehead atoms. The van der Waals surface area contributed by atoms with Crippen LogP contribution in [0.15, 0.2) is 23.1 Å². The number of aromatic carboxylic acids is 1. The van der Waals surface area contributed by atoms with Crippen LogP contribution >= 0.6 is 0 Å². The minimum Gasteiger partial charge on any atom is -0.478 e. The van der Waals surface area contributed by atoms with Crippen LogP contribution < -0.4 is 10.0 Å². The Hall–Kier alpha value is -1.60. The molecule has 0 unspecified atom stereocenters. The Morgan fingerprint density at radius 1 is 1.27 bits per heavy atom. The predicted molar refractivity (Wildman–Crippen MR) is 84.8 cm³/mol. The Kier molecular flexibility index (Phi) is 5.42. The van der Waals surface area contributed by atoms with E-state index in [1.807, 2.05) is 6.92 Å². The van der Waals surface area contributed by atoms with Gasteiger partial charge in [0.15, 0.2) is 0 Å². The fourth-order valence-electron chi connectivity index (χ4n) is 2.72. The highest BCUT2D eigenvalue weighted by Gasteiger charge is 2.25. The lowest BCUT2D eigenvalue weighted by atomic mass is 9.96. The third-order valence-electron chi connectivity index (χ3n) is 3.81. The van der Waals surface area contributed by atoms with E-state index in [9.17, 15) is 13.2 Å². The van der Waals surface area contributed by atoms with E-state index in [0.717, 1.165) is 32.1 Å². The van der Waals surface area contributed by atoms with Crippen molar-refractivity contribution in [2.45, 2.75) is 50.0 Å². The Balaban J connectivity index is 2.33. The third-order valence-corrected chi connectivity index (χ3v) is 5.37. The first-order valence-electron chi connectivity index (χ1n) is 7.57. The molecule has 6 nitrogen and oxygen atoms in total. The summed E-state index contributed by atoms with van der Waals surface area (Å²) in [6, 6.07) is 4.05. The highest BCUT2D eigenvalue weighted by atomic mass is 32.2. The van der Waals surface area contributed by atoms with Crippen LogP contribution in [0, 0.1) is 0 Å². The quantitative estimate of drug-likeness (QED) is 0.746. The monoisotopic (exact) mass is 326 g/mol. The molecular formula is C15H22N2O4S. The van der Waals surface area contributed by atoms with Crippen molar-refractivity contribution >= 4 is 21.7 Å². The van der Waals surface area contributed by atoms with Crippen LogP contribution in [0.4, 0.5) is 5.69 Å². The molecule has 0 amide bonds. The number of anilines is 1. The molecule has 2 rings (SSSR count). The van der Waals surface area contributed by atoms with Crippen molar-refractivity contribution in [1.82, 2.24) is 4.72 Å². The number of hydrogen-bond acceptors (Lipinski definition) is 4. The summed E-state index contributed by atoms with van der Waals surface area (Å²) in [5, 5.41) is 12.1. The molecule has 1 aromatic carbocycles. The van der Waals surface area contributed by atoms with Gasteiger partial charge >= 0.3 is 5.97 Å². The predicted octanol–water partition coefficient (Wildman–Crippen LogP) is 2.43. The molecule has 1 saturated carbocycles. The molecule has 0 atom stereocenters. The molecule has 0 heterocycles. The topological polar surface area (TPSA) is 95.5 Å². The maximum Gasteiger partial charge on any atom is 0.335 e. The molecule has 0 aliphatic heterocycles. The van der Waals surface area contributed by atoms with Gasteiger partial charge in [0.05, 0.1) is 11.3 Å².